The molecule has 3 heterocycles. The number of rotatable bonds is 6. The van der Waals surface area contributed by atoms with Crippen LogP contribution in [-0.2, 0) is 13.5 Å². The van der Waals surface area contributed by atoms with Crippen molar-refractivity contribution < 1.29 is 18.3 Å². The molecule has 5 aromatic rings. The van der Waals surface area contributed by atoms with E-state index in [-0.39, 0.29) is 35.0 Å². The van der Waals surface area contributed by atoms with Gasteiger partial charge in [-0.05, 0) is 41.5 Å². The molecule has 0 aliphatic rings. The first kappa shape index (κ1) is 22.3. The maximum absolute atomic E-state index is 15.0. The quantitative estimate of drug-likeness (QED) is 0.331. The van der Waals surface area contributed by atoms with E-state index in [9.17, 15) is 9.18 Å². The lowest BCUT2D eigenvalue weighted by atomic mass is 9.93. The summed E-state index contributed by atoms with van der Waals surface area (Å²) in [4.78, 5) is 25.9. The van der Waals surface area contributed by atoms with E-state index in [0.29, 0.717) is 22.0 Å². The van der Waals surface area contributed by atoms with E-state index in [4.69, 9.17) is 4.74 Å². The number of halogens is 2. The molecule has 0 atom stereocenters. The number of hydrogen-bond donors (Lipinski definition) is 0. The van der Waals surface area contributed by atoms with Crippen LogP contribution in [0.2, 0.25) is 0 Å². The summed E-state index contributed by atoms with van der Waals surface area (Å²) in [6.45, 7) is 0. The molecule has 5 rings (SSSR count). The van der Waals surface area contributed by atoms with E-state index in [1.165, 1.54) is 42.3 Å². The molecule has 3 aromatic heterocycles. The van der Waals surface area contributed by atoms with Crippen molar-refractivity contribution in [2.24, 2.45) is 7.05 Å². The highest BCUT2D eigenvalue weighted by Gasteiger charge is 2.21. The van der Waals surface area contributed by atoms with Gasteiger partial charge in [0.05, 0.1) is 18.9 Å². The molecule has 7 nitrogen and oxygen atoms in total. The van der Waals surface area contributed by atoms with E-state index in [2.05, 4.69) is 20.1 Å². The third-order valence-corrected chi connectivity index (χ3v) is 5.72. The normalized spacial score (nSPS) is 11.1. The van der Waals surface area contributed by atoms with E-state index >= 15 is 4.39 Å². The van der Waals surface area contributed by atoms with Crippen molar-refractivity contribution in [1.82, 2.24) is 24.7 Å². The molecular weight excluding hydrogens is 452 g/mol. The van der Waals surface area contributed by atoms with Gasteiger partial charge >= 0.3 is 0 Å². The highest BCUT2D eigenvalue weighted by Crippen LogP contribution is 2.34. The van der Waals surface area contributed by atoms with Crippen molar-refractivity contribution in [2.75, 3.05) is 7.11 Å². The monoisotopic (exact) mass is 471 g/mol. The summed E-state index contributed by atoms with van der Waals surface area (Å²) in [5, 5.41) is 4.77. The van der Waals surface area contributed by atoms with Gasteiger partial charge in [0.25, 0.3) is 0 Å². The number of nitrogens with zero attached hydrogens (tertiary/aromatic N) is 5. The molecule has 35 heavy (non-hydrogen) atoms. The van der Waals surface area contributed by atoms with Crippen molar-refractivity contribution in [2.45, 2.75) is 6.42 Å². The third kappa shape index (κ3) is 4.01. The van der Waals surface area contributed by atoms with Gasteiger partial charge in [-0.25, -0.2) is 18.7 Å². The number of hydrogen-bond acceptors (Lipinski definition) is 6. The Labute approximate surface area is 199 Å². The molecule has 0 amide bonds. The zero-order valence-corrected chi connectivity index (χ0v) is 18.9. The Morgan fingerprint density at radius 3 is 2.66 bits per heavy atom. The van der Waals surface area contributed by atoms with E-state index in [1.54, 1.807) is 37.8 Å². The number of benzene rings is 2. The van der Waals surface area contributed by atoms with Crippen LogP contribution in [0.3, 0.4) is 0 Å². The second-order valence-electron chi connectivity index (χ2n) is 7.85. The van der Waals surface area contributed by atoms with Gasteiger partial charge in [0.1, 0.15) is 28.6 Å². The lowest BCUT2D eigenvalue weighted by Gasteiger charge is -2.13. The lowest BCUT2D eigenvalue weighted by molar-refractivity contribution is 0.0988. The van der Waals surface area contributed by atoms with Crippen molar-refractivity contribution in [3.63, 3.8) is 0 Å². The van der Waals surface area contributed by atoms with Gasteiger partial charge in [-0.1, -0.05) is 12.1 Å². The Morgan fingerprint density at radius 1 is 1.03 bits per heavy atom. The Kier molecular flexibility index (Phi) is 5.74. The van der Waals surface area contributed by atoms with Crippen LogP contribution in [0.1, 0.15) is 16.1 Å². The highest BCUT2D eigenvalue weighted by atomic mass is 19.1. The van der Waals surface area contributed by atoms with Gasteiger partial charge in [-0.15, -0.1) is 0 Å². The van der Waals surface area contributed by atoms with Crippen LogP contribution in [0.5, 0.6) is 5.75 Å². The average Bonchev–Trinajstić information content (AvgIpc) is 3.26. The smallest absolute Gasteiger partial charge is 0.185 e. The average molecular weight is 471 g/mol. The summed E-state index contributed by atoms with van der Waals surface area (Å²) in [7, 11) is 3.07. The number of ether oxygens (including phenoxy) is 1. The minimum atomic E-state index is -0.572. The number of fused-ring (bicyclic) bond motifs is 1. The molecule has 0 aliphatic heterocycles. The first-order chi connectivity index (χ1) is 17.0. The van der Waals surface area contributed by atoms with Crippen molar-refractivity contribution >= 4 is 16.7 Å². The minimum Gasteiger partial charge on any atom is -0.496 e. The summed E-state index contributed by atoms with van der Waals surface area (Å²) in [6, 6.07) is 10.8. The second kappa shape index (κ2) is 9.02. The van der Waals surface area contributed by atoms with Crippen LogP contribution in [0.4, 0.5) is 8.78 Å². The first-order valence-electron chi connectivity index (χ1n) is 10.7. The molecule has 0 N–H and O–H groups in total. The number of carbonyl (C=O) groups excluding carboxylic acids is 1. The molecule has 0 bridgehead atoms. The largest absolute Gasteiger partial charge is 0.496 e. The van der Waals surface area contributed by atoms with Gasteiger partial charge < -0.3 is 4.74 Å². The Hall–Kier alpha value is -4.53. The van der Waals surface area contributed by atoms with Crippen LogP contribution in [-0.4, -0.2) is 37.6 Å². The van der Waals surface area contributed by atoms with Crippen LogP contribution in [0.25, 0.3) is 33.4 Å². The number of pyridine rings is 1. The van der Waals surface area contributed by atoms with E-state index in [0.717, 1.165) is 5.56 Å². The molecule has 174 valence electrons. The molecule has 9 heteroatoms. The first-order valence-corrected chi connectivity index (χ1v) is 10.7. The predicted octanol–water partition coefficient (Wildman–Crippen LogP) is 4.80. The summed E-state index contributed by atoms with van der Waals surface area (Å²) < 4.78 is 36.3. The maximum atomic E-state index is 15.0. The van der Waals surface area contributed by atoms with Gasteiger partial charge in [0.15, 0.2) is 11.6 Å². The molecular formula is C26H19F2N5O2. The fraction of sp³-hybridized carbons (Fsp3) is 0.115. The second-order valence-corrected chi connectivity index (χ2v) is 7.85. The van der Waals surface area contributed by atoms with Crippen molar-refractivity contribution in [1.29, 1.82) is 0 Å². The number of carbonyl (C=O) groups is 1. The number of Topliss-reactive ketones (excluding diaryl/α,β-unsaturated/α-hetero) is 1. The molecule has 0 unspecified atom stereocenters. The molecule has 0 radical (unpaired) electrons. The fourth-order valence-corrected chi connectivity index (χ4v) is 4.15. The van der Waals surface area contributed by atoms with Gasteiger partial charge in [0, 0.05) is 43.0 Å². The van der Waals surface area contributed by atoms with Gasteiger partial charge in [-0.3, -0.25) is 14.5 Å². The van der Waals surface area contributed by atoms with Crippen LogP contribution >= 0.6 is 0 Å². The lowest BCUT2D eigenvalue weighted by Crippen LogP contribution is -2.09. The maximum Gasteiger partial charge on any atom is 0.185 e. The minimum absolute atomic E-state index is 0.0205. The van der Waals surface area contributed by atoms with Crippen LogP contribution < -0.4 is 4.74 Å². The Bertz CT molecular complexity index is 1570. The van der Waals surface area contributed by atoms with Crippen LogP contribution in [0.15, 0.2) is 67.3 Å². The van der Waals surface area contributed by atoms with Crippen molar-refractivity contribution in [3.8, 4) is 28.3 Å². The summed E-state index contributed by atoms with van der Waals surface area (Å²) in [6.07, 6.45) is 6.10. The topological polar surface area (TPSA) is 82.8 Å². The van der Waals surface area contributed by atoms with E-state index < -0.39 is 11.6 Å². The molecule has 0 saturated carbocycles. The van der Waals surface area contributed by atoms with Gasteiger partial charge in [0.2, 0.25) is 0 Å². The SMILES string of the molecule is COc1cccc(F)c1-c1nccc(C(=O)Cc2cc(F)c3c(cnn3C)c2-c2cccnc2)n1. The number of aryl methyl sites for hydroxylation is 1. The zero-order chi connectivity index (χ0) is 24.5. The van der Waals surface area contributed by atoms with Gasteiger partial charge in [-0.2, -0.15) is 5.10 Å². The fourth-order valence-electron chi connectivity index (χ4n) is 4.15. The zero-order valence-electron chi connectivity index (χ0n) is 18.9. The Morgan fingerprint density at radius 2 is 1.89 bits per heavy atom. The molecule has 0 fully saturated rings. The van der Waals surface area contributed by atoms with Crippen molar-refractivity contribution in [3.05, 3.63) is 90.1 Å². The standard InChI is InChI=1S/C26H19F2N5O2/c1-33-25-17(14-31-33)23(15-5-4-9-29-13-15)16(11-19(25)28)12-21(34)20-8-10-30-26(32-20)24-18(27)6-3-7-22(24)35-2/h3-11,13-14H,12H2,1-2H3. The molecule has 0 aliphatic carbocycles. The van der Waals surface area contributed by atoms with Crippen LogP contribution in [0, 0.1) is 11.6 Å². The molecule has 0 spiro atoms. The Balaban J connectivity index is 1.58. The number of ketones is 1. The molecule has 0 saturated heterocycles. The van der Waals surface area contributed by atoms with E-state index in [1.807, 2.05) is 6.07 Å². The summed E-state index contributed by atoms with van der Waals surface area (Å²) in [5.41, 5.74) is 2.32. The number of methoxy groups -OCH3 is 1. The number of aromatic nitrogens is 5. The highest BCUT2D eigenvalue weighted by molar-refractivity contribution is 6.01. The third-order valence-electron chi connectivity index (χ3n) is 5.72. The predicted molar refractivity (Wildman–Crippen MR) is 126 cm³/mol. The molecule has 2 aromatic carbocycles. The summed E-state index contributed by atoms with van der Waals surface area (Å²) >= 11 is 0. The summed E-state index contributed by atoms with van der Waals surface area (Å²) in [5.74, 6) is -1.17.